The molecule has 0 bridgehead atoms. The number of benzene rings is 1. The fourth-order valence-corrected chi connectivity index (χ4v) is 3.99. The maximum atomic E-state index is 5.85. The van der Waals surface area contributed by atoms with Gasteiger partial charge in [0.15, 0.2) is 11.5 Å². The molecule has 6 nitrogen and oxygen atoms in total. The number of pyridine rings is 1. The van der Waals surface area contributed by atoms with E-state index in [9.17, 15) is 0 Å². The third kappa shape index (κ3) is 2.96. The Morgan fingerprint density at radius 1 is 1.07 bits per heavy atom. The summed E-state index contributed by atoms with van der Waals surface area (Å²) in [6.45, 7) is 3.81. The van der Waals surface area contributed by atoms with Crippen molar-refractivity contribution in [1.82, 2.24) is 14.5 Å². The highest BCUT2D eigenvalue weighted by atomic mass is 16.7. The lowest BCUT2D eigenvalue weighted by Crippen LogP contribution is -2.20. The molecule has 0 amide bonds. The number of ether oxygens (including phenoxy) is 3. The van der Waals surface area contributed by atoms with E-state index in [1.165, 1.54) is 5.56 Å². The summed E-state index contributed by atoms with van der Waals surface area (Å²) in [6.07, 6.45) is 8.57. The number of fused-ring (bicyclic) bond motifs is 1. The van der Waals surface area contributed by atoms with Crippen molar-refractivity contribution in [1.29, 1.82) is 0 Å². The van der Waals surface area contributed by atoms with Gasteiger partial charge in [-0.2, -0.15) is 0 Å². The molecule has 3 aromatic rings. The predicted octanol–water partition coefficient (Wildman–Crippen LogP) is 3.41. The molecular weight excluding hydrogens is 342 g/mol. The molecule has 1 saturated heterocycles. The molecule has 5 rings (SSSR count). The van der Waals surface area contributed by atoms with Crippen molar-refractivity contribution < 1.29 is 14.2 Å². The number of nitrogens with zero attached hydrogens (tertiary/aromatic N) is 3. The molecule has 0 aliphatic carbocycles. The third-order valence-corrected chi connectivity index (χ3v) is 5.40. The van der Waals surface area contributed by atoms with E-state index in [0.717, 1.165) is 41.5 Å². The van der Waals surface area contributed by atoms with E-state index in [2.05, 4.69) is 39.8 Å². The van der Waals surface area contributed by atoms with Gasteiger partial charge in [0.1, 0.15) is 5.82 Å². The monoisotopic (exact) mass is 363 g/mol. The number of hydrogen-bond acceptors (Lipinski definition) is 5. The molecule has 138 valence electrons. The van der Waals surface area contributed by atoms with Gasteiger partial charge in [0.25, 0.3) is 0 Å². The SMILES string of the molecule is Cc1cc2c(cc1-c1nccn1[C@@H]1COC[C@@H]1Cc1ccncc1)OCO2. The molecule has 0 spiro atoms. The Hall–Kier alpha value is -2.86. The van der Waals surface area contributed by atoms with Crippen LogP contribution in [0.15, 0.2) is 49.1 Å². The van der Waals surface area contributed by atoms with Crippen molar-refractivity contribution in [2.75, 3.05) is 20.0 Å². The van der Waals surface area contributed by atoms with E-state index < -0.39 is 0 Å². The average Bonchev–Trinajstić information content (AvgIpc) is 3.41. The first-order valence-corrected chi connectivity index (χ1v) is 9.19. The lowest BCUT2D eigenvalue weighted by Gasteiger charge is -2.22. The molecule has 0 N–H and O–H groups in total. The maximum Gasteiger partial charge on any atom is 0.231 e. The fourth-order valence-electron chi connectivity index (χ4n) is 3.99. The zero-order chi connectivity index (χ0) is 18.2. The van der Waals surface area contributed by atoms with E-state index >= 15 is 0 Å². The lowest BCUT2D eigenvalue weighted by atomic mass is 9.95. The highest BCUT2D eigenvalue weighted by molar-refractivity contribution is 5.66. The minimum absolute atomic E-state index is 0.250. The summed E-state index contributed by atoms with van der Waals surface area (Å²) in [4.78, 5) is 8.77. The molecule has 0 saturated carbocycles. The van der Waals surface area contributed by atoms with Gasteiger partial charge < -0.3 is 18.8 Å². The summed E-state index contributed by atoms with van der Waals surface area (Å²) < 4.78 is 19.2. The summed E-state index contributed by atoms with van der Waals surface area (Å²) in [6, 6.07) is 8.46. The first-order chi connectivity index (χ1) is 13.3. The number of aromatic nitrogens is 3. The number of rotatable bonds is 4. The van der Waals surface area contributed by atoms with Gasteiger partial charge >= 0.3 is 0 Å². The van der Waals surface area contributed by atoms with Crippen molar-refractivity contribution in [3.05, 3.63) is 60.2 Å². The van der Waals surface area contributed by atoms with E-state index in [4.69, 9.17) is 14.2 Å². The van der Waals surface area contributed by atoms with Gasteiger partial charge in [-0.15, -0.1) is 0 Å². The molecule has 2 aliphatic rings. The van der Waals surface area contributed by atoms with Crippen LogP contribution in [-0.2, 0) is 11.2 Å². The van der Waals surface area contributed by atoms with Gasteiger partial charge in [-0.05, 0) is 48.7 Å². The second-order valence-electron chi connectivity index (χ2n) is 7.10. The first kappa shape index (κ1) is 16.3. The van der Waals surface area contributed by atoms with E-state index in [-0.39, 0.29) is 12.8 Å². The quantitative estimate of drug-likeness (QED) is 0.711. The molecule has 1 aromatic carbocycles. The van der Waals surface area contributed by atoms with E-state index in [0.29, 0.717) is 12.5 Å². The first-order valence-electron chi connectivity index (χ1n) is 9.19. The summed E-state index contributed by atoms with van der Waals surface area (Å²) in [5.41, 5.74) is 3.47. The smallest absolute Gasteiger partial charge is 0.231 e. The van der Waals surface area contributed by atoms with Gasteiger partial charge in [-0.1, -0.05) is 0 Å². The van der Waals surface area contributed by atoms with Crippen LogP contribution in [0.1, 0.15) is 17.2 Å². The second kappa shape index (κ2) is 6.70. The van der Waals surface area contributed by atoms with E-state index in [1.54, 1.807) is 0 Å². The van der Waals surface area contributed by atoms with Crippen LogP contribution in [-0.4, -0.2) is 34.5 Å². The molecular formula is C21H21N3O3. The van der Waals surface area contributed by atoms with Gasteiger partial charge in [-0.3, -0.25) is 4.98 Å². The summed E-state index contributed by atoms with van der Waals surface area (Å²) >= 11 is 0. The highest BCUT2D eigenvalue weighted by Crippen LogP contribution is 2.39. The summed E-state index contributed by atoms with van der Waals surface area (Å²) in [5.74, 6) is 2.92. The van der Waals surface area contributed by atoms with Gasteiger partial charge in [-0.25, -0.2) is 4.98 Å². The van der Waals surface area contributed by atoms with Crippen LogP contribution < -0.4 is 9.47 Å². The third-order valence-electron chi connectivity index (χ3n) is 5.40. The predicted molar refractivity (Wildman–Crippen MR) is 99.8 cm³/mol. The van der Waals surface area contributed by atoms with Crippen LogP contribution >= 0.6 is 0 Å². The average molecular weight is 363 g/mol. The Bertz CT molecular complexity index is 955. The molecule has 0 radical (unpaired) electrons. The Labute approximate surface area is 157 Å². The van der Waals surface area contributed by atoms with Crippen LogP contribution in [0.25, 0.3) is 11.4 Å². The van der Waals surface area contributed by atoms with Crippen LogP contribution in [0.4, 0.5) is 0 Å². The Morgan fingerprint density at radius 3 is 2.74 bits per heavy atom. The van der Waals surface area contributed by atoms with Crippen molar-refractivity contribution in [3.8, 4) is 22.9 Å². The lowest BCUT2D eigenvalue weighted by molar-refractivity contribution is 0.174. The minimum Gasteiger partial charge on any atom is -0.454 e. The molecule has 27 heavy (non-hydrogen) atoms. The minimum atomic E-state index is 0.250. The second-order valence-corrected chi connectivity index (χ2v) is 7.10. The van der Waals surface area contributed by atoms with Gasteiger partial charge in [0.05, 0.1) is 19.3 Å². The highest BCUT2D eigenvalue weighted by Gasteiger charge is 2.32. The van der Waals surface area contributed by atoms with Crippen molar-refractivity contribution in [2.24, 2.45) is 5.92 Å². The molecule has 4 heterocycles. The van der Waals surface area contributed by atoms with Crippen LogP contribution in [0.3, 0.4) is 0 Å². The molecule has 1 fully saturated rings. The van der Waals surface area contributed by atoms with Crippen molar-refractivity contribution in [3.63, 3.8) is 0 Å². The van der Waals surface area contributed by atoms with Gasteiger partial charge in [0.2, 0.25) is 6.79 Å². The normalized spacial score (nSPS) is 20.9. The standard InChI is InChI=1S/C21H21N3O3/c1-14-8-19-20(27-13-26-19)10-17(14)21-23-6-7-24(21)18-12-25-11-16(18)9-15-2-4-22-5-3-15/h2-8,10,16,18H,9,11-13H2,1H3/t16-,18+/m0/s1. The largest absolute Gasteiger partial charge is 0.454 e. The number of hydrogen-bond donors (Lipinski definition) is 0. The Morgan fingerprint density at radius 2 is 1.89 bits per heavy atom. The molecule has 6 heteroatoms. The van der Waals surface area contributed by atoms with E-state index in [1.807, 2.05) is 30.7 Å². The topological polar surface area (TPSA) is 58.4 Å². The Balaban J connectivity index is 1.48. The van der Waals surface area contributed by atoms with Crippen molar-refractivity contribution in [2.45, 2.75) is 19.4 Å². The van der Waals surface area contributed by atoms with Crippen LogP contribution in [0.2, 0.25) is 0 Å². The fraction of sp³-hybridized carbons (Fsp3) is 0.333. The van der Waals surface area contributed by atoms with Gasteiger partial charge in [0, 0.05) is 36.3 Å². The molecule has 2 aromatic heterocycles. The zero-order valence-corrected chi connectivity index (χ0v) is 15.2. The number of imidazole rings is 1. The summed E-state index contributed by atoms with van der Waals surface area (Å²) in [5, 5.41) is 0. The molecule has 0 unspecified atom stereocenters. The van der Waals surface area contributed by atoms with Crippen molar-refractivity contribution >= 4 is 0 Å². The molecule has 2 atom stereocenters. The summed E-state index contributed by atoms with van der Waals surface area (Å²) in [7, 11) is 0. The number of aryl methyl sites for hydroxylation is 1. The van der Waals surface area contributed by atoms with Crippen LogP contribution in [0.5, 0.6) is 11.5 Å². The maximum absolute atomic E-state index is 5.85. The Kier molecular flexibility index (Phi) is 4.05. The van der Waals surface area contributed by atoms with Crippen LogP contribution in [0, 0.1) is 12.8 Å². The molecule has 2 aliphatic heterocycles. The zero-order valence-electron chi connectivity index (χ0n) is 15.2.